The highest BCUT2D eigenvalue weighted by Crippen LogP contribution is 2.31. The van der Waals surface area contributed by atoms with Crippen LogP contribution in [0.5, 0.6) is 5.75 Å². The fourth-order valence-electron chi connectivity index (χ4n) is 3.47. The number of likely N-dealkylation sites (tertiary alicyclic amines) is 1. The quantitative estimate of drug-likeness (QED) is 0.168. The van der Waals surface area contributed by atoms with E-state index in [2.05, 4.69) is 31.3 Å². The summed E-state index contributed by atoms with van der Waals surface area (Å²) < 4.78 is 31.1. The van der Waals surface area contributed by atoms with Gasteiger partial charge >= 0.3 is 0 Å². The first-order valence-electron chi connectivity index (χ1n) is 10.3. The highest BCUT2D eigenvalue weighted by molar-refractivity contribution is 14.0. The number of rotatable bonds is 11. The summed E-state index contributed by atoms with van der Waals surface area (Å²) in [4.78, 5) is 6.78. The summed E-state index contributed by atoms with van der Waals surface area (Å²) in [5.74, 6) is 1.71. The maximum absolute atomic E-state index is 11.5. The first-order chi connectivity index (χ1) is 14.0. The van der Waals surface area contributed by atoms with Crippen molar-refractivity contribution >= 4 is 40.0 Å². The molecule has 0 aliphatic carbocycles. The normalized spacial score (nSPS) is 16.0. The van der Waals surface area contributed by atoms with Crippen LogP contribution in [0, 0.1) is 0 Å². The van der Waals surface area contributed by atoms with Crippen molar-refractivity contribution in [2.45, 2.75) is 32.2 Å². The Hall–Kier alpha value is -1.11. The van der Waals surface area contributed by atoms with Crippen molar-refractivity contribution in [3.8, 4) is 5.75 Å². The number of guanidine groups is 1. The van der Waals surface area contributed by atoms with Crippen molar-refractivity contribution in [2.24, 2.45) is 4.99 Å². The first kappa shape index (κ1) is 26.9. The van der Waals surface area contributed by atoms with Gasteiger partial charge in [0.05, 0.1) is 18.9 Å². The Balaban J connectivity index is 0.00000450. The Morgan fingerprint density at radius 3 is 2.53 bits per heavy atom. The lowest BCUT2D eigenvalue weighted by atomic mass is 10.0. The number of methoxy groups -OCH3 is 1. The van der Waals surface area contributed by atoms with Crippen LogP contribution in [0.4, 0.5) is 0 Å². The minimum atomic E-state index is -3.14. The van der Waals surface area contributed by atoms with Gasteiger partial charge in [-0.2, -0.15) is 0 Å². The van der Waals surface area contributed by atoms with E-state index in [-0.39, 0.29) is 35.8 Å². The highest BCUT2D eigenvalue weighted by Gasteiger charge is 2.26. The lowest BCUT2D eigenvalue weighted by molar-refractivity contribution is 0.239. The molecule has 8 nitrogen and oxygen atoms in total. The highest BCUT2D eigenvalue weighted by atomic mass is 127. The van der Waals surface area contributed by atoms with Crippen LogP contribution < -0.4 is 20.1 Å². The smallest absolute Gasteiger partial charge is 0.211 e. The molecule has 1 aliphatic heterocycles. The Labute approximate surface area is 198 Å². The molecule has 0 bridgehead atoms. The summed E-state index contributed by atoms with van der Waals surface area (Å²) in [6.45, 7) is 5.54. The van der Waals surface area contributed by atoms with Gasteiger partial charge in [-0.05, 0) is 45.3 Å². The fraction of sp³-hybridized carbons (Fsp3) is 0.650. The van der Waals surface area contributed by atoms with E-state index < -0.39 is 10.0 Å². The van der Waals surface area contributed by atoms with Crippen LogP contribution in [0.3, 0.4) is 0 Å². The number of aliphatic imine (C=N–C) groups is 1. The lowest BCUT2D eigenvalue weighted by Crippen LogP contribution is -2.43. The molecule has 172 valence electrons. The minimum Gasteiger partial charge on any atom is -0.496 e. The van der Waals surface area contributed by atoms with E-state index in [1.54, 1.807) is 21.1 Å². The molecule has 1 heterocycles. The molecule has 0 aromatic heterocycles. The lowest BCUT2D eigenvalue weighted by Gasteiger charge is -2.30. The number of halogens is 1. The van der Waals surface area contributed by atoms with E-state index in [1.165, 1.54) is 18.4 Å². The van der Waals surface area contributed by atoms with E-state index in [1.807, 2.05) is 18.2 Å². The van der Waals surface area contributed by atoms with Gasteiger partial charge in [0, 0.05) is 32.2 Å². The van der Waals surface area contributed by atoms with E-state index in [0.717, 1.165) is 18.8 Å². The zero-order chi connectivity index (χ0) is 21.1. The molecule has 0 spiro atoms. The monoisotopic (exact) mass is 553 g/mol. The third kappa shape index (κ3) is 8.56. The van der Waals surface area contributed by atoms with Crippen LogP contribution >= 0.6 is 24.0 Å². The number of hydrogen-bond donors (Lipinski definition) is 3. The second-order valence-corrected chi connectivity index (χ2v) is 9.13. The van der Waals surface area contributed by atoms with Gasteiger partial charge in [0.25, 0.3) is 0 Å². The van der Waals surface area contributed by atoms with E-state index in [0.29, 0.717) is 32.0 Å². The molecular weight excluding hydrogens is 517 g/mol. The second-order valence-electron chi connectivity index (χ2n) is 7.03. The average molecular weight is 554 g/mol. The maximum Gasteiger partial charge on any atom is 0.211 e. The Kier molecular flexibility index (Phi) is 12.6. The summed E-state index contributed by atoms with van der Waals surface area (Å²) in [6, 6.07) is 8.36. The molecule has 10 heteroatoms. The first-order valence-corrected chi connectivity index (χ1v) is 11.9. The summed E-state index contributed by atoms with van der Waals surface area (Å²) in [5, 5.41) is 6.67. The minimum absolute atomic E-state index is 0. The van der Waals surface area contributed by atoms with Crippen LogP contribution in [-0.2, 0) is 10.0 Å². The van der Waals surface area contributed by atoms with Gasteiger partial charge in [0.2, 0.25) is 10.0 Å². The van der Waals surface area contributed by atoms with Crippen LogP contribution in [0.25, 0.3) is 0 Å². The van der Waals surface area contributed by atoms with Crippen molar-refractivity contribution in [1.82, 2.24) is 20.3 Å². The van der Waals surface area contributed by atoms with E-state index in [4.69, 9.17) is 4.74 Å². The Morgan fingerprint density at radius 1 is 1.20 bits per heavy atom. The summed E-state index contributed by atoms with van der Waals surface area (Å²) in [7, 11) is 0.313. The number of nitrogens with zero attached hydrogens (tertiary/aromatic N) is 2. The SMILES string of the molecule is CCS(=O)(=O)NCCCNC(=NC)NCC(c1ccccc1OC)N1CCCC1.I. The topological polar surface area (TPSA) is 95.1 Å². The zero-order valence-corrected chi connectivity index (χ0v) is 21.3. The molecule has 2 rings (SSSR count). The third-order valence-electron chi connectivity index (χ3n) is 5.11. The van der Waals surface area contributed by atoms with Gasteiger partial charge in [-0.1, -0.05) is 18.2 Å². The van der Waals surface area contributed by atoms with Crippen molar-refractivity contribution in [3.05, 3.63) is 29.8 Å². The number of sulfonamides is 1. The number of ether oxygens (including phenoxy) is 1. The van der Waals surface area contributed by atoms with E-state index in [9.17, 15) is 8.42 Å². The standard InChI is InChI=1S/C20H35N5O3S.HI/c1-4-29(26,27)24-13-9-12-22-20(21-2)23-16-18(25-14-7-8-15-25)17-10-5-6-11-19(17)28-3;/h5-6,10-11,18,24H,4,7-9,12-16H2,1-3H3,(H2,21,22,23);1H. The molecule has 1 atom stereocenters. The van der Waals surface area contributed by atoms with Crippen molar-refractivity contribution in [3.63, 3.8) is 0 Å². The summed E-state index contributed by atoms with van der Waals surface area (Å²) >= 11 is 0. The molecule has 0 amide bonds. The largest absolute Gasteiger partial charge is 0.496 e. The number of hydrogen-bond acceptors (Lipinski definition) is 5. The van der Waals surface area contributed by atoms with Gasteiger partial charge < -0.3 is 15.4 Å². The molecule has 30 heavy (non-hydrogen) atoms. The number of benzene rings is 1. The molecule has 1 saturated heterocycles. The summed E-state index contributed by atoms with van der Waals surface area (Å²) in [5.41, 5.74) is 1.17. The molecule has 1 unspecified atom stereocenters. The predicted octanol–water partition coefficient (Wildman–Crippen LogP) is 1.94. The van der Waals surface area contributed by atoms with Crippen LogP contribution in [0.1, 0.15) is 37.8 Å². The van der Waals surface area contributed by atoms with Crippen LogP contribution in [0.2, 0.25) is 0 Å². The third-order valence-corrected chi connectivity index (χ3v) is 6.52. The van der Waals surface area contributed by atoms with Crippen molar-refractivity contribution < 1.29 is 13.2 Å². The molecule has 1 aromatic rings. The number of nitrogens with one attached hydrogen (secondary N) is 3. The zero-order valence-electron chi connectivity index (χ0n) is 18.2. The molecule has 1 aliphatic rings. The van der Waals surface area contributed by atoms with E-state index >= 15 is 0 Å². The molecular formula is C20H36IN5O3S. The molecule has 1 fully saturated rings. The van der Waals surface area contributed by atoms with Gasteiger partial charge in [-0.15, -0.1) is 24.0 Å². The van der Waals surface area contributed by atoms with Gasteiger partial charge in [0.15, 0.2) is 5.96 Å². The molecule has 3 N–H and O–H groups in total. The second kappa shape index (κ2) is 14.0. The fourth-order valence-corrected chi connectivity index (χ4v) is 4.13. The van der Waals surface area contributed by atoms with Crippen molar-refractivity contribution in [1.29, 1.82) is 0 Å². The van der Waals surface area contributed by atoms with Crippen molar-refractivity contribution in [2.75, 3.05) is 52.6 Å². The Bertz CT molecular complexity index is 755. The van der Waals surface area contributed by atoms with Crippen LogP contribution in [0.15, 0.2) is 29.3 Å². The average Bonchev–Trinajstić information content (AvgIpc) is 3.27. The Morgan fingerprint density at radius 2 is 1.90 bits per heavy atom. The molecule has 0 saturated carbocycles. The van der Waals surface area contributed by atoms with Gasteiger partial charge in [0.1, 0.15) is 5.75 Å². The van der Waals surface area contributed by atoms with Crippen LogP contribution in [-0.4, -0.2) is 71.9 Å². The predicted molar refractivity (Wildman–Crippen MR) is 133 cm³/mol. The van der Waals surface area contributed by atoms with Gasteiger partial charge in [-0.25, -0.2) is 13.1 Å². The maximum atomic E-state index is 11.5. The summed E-state index contributed by atoms with van der Waals surface area (Å²) in [6.07, 6.45) is 3.11. The van der Waals surface area contributed by atoms with Gasteiger partial charge in [-0.3, -0.25) is 9.89 Å². The number of para-hydroxylation sites is 1. The molecule has 1 aromatic carbocycles. The molecule has 0 radical (unpaired) electrons.